The Bertz CT molecular complexity index is 409. The van der Waals surface area contributed by atoms with Crippen LogP contribution in [0.5, 0.6) is 0 Å². The third-order valence-corrected chi connectivity index (χ3v) is 3.45. The van der Waals surface area contributed by atoms with Crippen LogP contribution < -0.4 is 0 Å². The quantitative estimate of drug-likeness (QED) is 0.764. The smallest absolute Gasteiger partial charge is 0.224 e. The number of hydrogen-bond donors (Lipinski definition) is 0. The SMILES string of the molecule is CC(c1ccc(Cl)cc1Cl)N(C)C(=O)CCCl. The first-order valence-electron chi connectivity index (χ1n) is 5.24. The second-order valence-electron chi connectivity index (χ2n) is 3.79. The first-order chi connectivity index (χ1) is 7.97. The Morgan fingerprint density at radius 3 is 2.59 bits per heavy atom. The van der Waals surface area contributed by atoms with Crippen LogP contribution in [0.2, 0.25) is 10.0 Å². The molecule has 1 atom stereocenters. The lowest BCUT2D eigenvalue weighted by molar-refractivity contribution is -0.131. The van der Waals surface area contributed by atoms with Gasteiger partial charge in [-0.25, -0.2) is 0 Å². The zero-order chi connectivity index (χ0) is 13.0. The molecule has 0 bridgehead atoms. The molecule has 0 aliphatic heterocycles. The van der Waals surface area contributed by atoms with Crippen molar-refractivity contribution in [1.82, 2.24) is 4.90 Å². The highest BCUT2D eigenvalue weighted by atomic mass is 35.5. The summed E-state index contributed by atoms with van der Waals surface area (Å²) in [7, 11) is 1.74. The van der Waals surface area contributed by atoms with Crippen molar-refractivity contribution in [2.45, 2.75) is 19.4 Å². The van der Waals surface area contributed by atoms with Gasteiger partial charge in [-0.05, 0) is 24.6 Å². The second kappa shape index (κ2) is 6.48. The van der Waals surface area contributed by atoms with E-state index in [9.17, 15) is 4.79 Å². The number of halogens is 3. The molecule has 1 rings (SSSR count). The highest BCUT2D eigenvalue weighted by molar-refractivity contribution is 6.35. The molecule has 0 aliphatic rings. The zero-order valence-corrected chi connectivity index (χ0v) is 12.0. The number of rotatable bonds is 4. The fourth-order valence-corrected chi connectivity index (χ4v) is 2.25. The van der Waals surface area contributed by atoms with Gasteiger partial charge in [-0.15, -0.1) is 11.6 Å². The van der Waals surface area contributed by atoms with Crippen LogP contribution in [0.25, 0.3) is 0 Å². The summed E-state index contributed by atoms with van der Waals surface area (Å²) in [6, 6.07) is 5.17. The lowest BCUT2D eigenvalue weighted by Crippen LogP contribution is -2.29. The average molecular weight is 295 g/mol. The molecule has 0 N–H and O–H groups in total. The zero-order valence-electron chi connectivity index (χ0n) is 9.71. The first kappa shape index (κ1) is 14.6. The van der Waals surface area contributed by atoms with Crippen LogP contribution in [-0.4, -0.2) is 23.7 Å². The molecule has 0 aliphatic carbocycles. The van der Waals surface area contributed by atoms with Gasteiger partial charge >= 0.3 is 0 Å². The van der Waals surface area contributed by atoms with Crippen LogP contribution in [0.3, 0.4) is 0 Å². The summed E-state index contributed by atoms with van der Waals surface area (Å²) in [5.74, 6) is 0.322. The molecule has 0 fully saturated rings. The minimum Gasteiger partial charge on any atom is -0.339 e. The number of hydrogen-bond acceptors (Lipinski definition) is 1. The highest BCUT2D eigenvalue weighted by Gasteiger charge is 2.18. The van der Waals surface area contributed by atoms with Crippen LogP contribution >= 0.6 is 34.8 Å². The van der Waals surface area contributed by atoms with Crippen molar-refractivity contribution < 1.29 is 4.79 Å². The van der Waals surface area contributed by atoms with Crippen molar-refractivity contribution in [2.24, 2.45) is 0 Å². The Morgan fingerprint density at radius 2 is 2.06 bits per heavy atom. The number of nitrogens with zero attached hydrogens (tertiary/aromatic N) is 1. The summed E-state index contributed by atoms with van der Waals surface area (Å²) in [5.41, 5.74) is 0.876. The van der Waals surface area contributed by atoms with Gasteiger partial charge in [-0.3, -0.25) is 4.79 Å². The monoisotopic (exact) mass is 293 g/mol. The molecule has 1 aromatic carbocycles. The van der Waals surface area contributed by atoms with E-state index < -0.39 is 0 Å². The molecule has 5 heteroatoms. The van der Waals surface area contributed by atoms with Crippen molar-refractivity contribution >= 4 is 40.7 Å². The summed E-state index contributed by atoms with van der Waals surface area (Å²) >= 11 is 17.5. The predicted octanol–water partition coefficient (Wildman–Crippen LogP) is 4.14. The maximum absolute atomic E-state index is 11.7. The predicted molar refractivity (Wildman–Crippen MR) is 73.0 cm³/mol. The van der Waals surface area contributed by atoms with E-state index in [4.69, 9.17) is 34.8 Å². The van der Waals surface area contributed by atoms with Crippen LogP contribution in [0, 0.1) is 0 Å². The maximum Gasteiger partial charge on any atom is 0.224 e. The van der Waals surface area contributed by atoms with Crippen molar-refractivity contribution in [1.29, 1.82) is 0 Å². The van der Waals surface area contributed by atoms with Crippen LogP contribution in [0.1, 0.15) is 24.9 Å². The Labute approximate surface area is 116 Å². The fraction of sp³-hybridized carbons (Fsp3) is 0.417. The molecule has 1 amide bonds. The molecule has 1 unspecified atom stereocenters. The third-order valence-electron chi connectivity index (χ3n) is 2.70. The molecule has 1 aromatic rings. The van der Waals surface area contributed by atoms with Gasteiger partial charge < -0.3 is 4.90 Å². The van der Waals surface area contributed by atoms with Crippen LogP contribution in [-0.2, 0) is 4.79 Å². The molecular weight excluding hydrogens is 280 g/mol. The van der Waals surface area contributed by atoms with E-state index in [2.05, 4.69) is 0 Å². The topological polar surface area (TPSA) is 20.3 Å². The molecule has 0 heterocycles. The normalized spacial score (nSPS) is 12.3. The molecule has 0 saturated heterocycles. The Hall–Kier alpha value is -0.440. The van der Waals surface area contributed by atoms with Crippen LogP contribution in [0.4, 0.5) is 0 Å². The number of carbonyl (C=O) groups is 1. The number of benzene rings is 1. The van der Waals surface area contributed by atoms with Crippen molar-refractivity contribution in [3.63, 3.8) is 0 Å². The van der Waals surface area contributed by atoms with Gasteiger partial charge in [-0.2, -0.15) is 0 Å². The van der Waals surface area contributed by atoms with Gasteiger partial charge in [0.15, 0.2) is 0 Å². The molecule has 17 heavy (non-hydrogen) atoms. The lowest BCUT2D eigenvalue weighted by atomic mass is 10.1. The molecular formula is C12H14Cl3NO. The van der Waals surface area contributed by atoms with Crippen LogP contribution in [0.15, 0.2) is 18.2 Å². The van der Waals surface area contributed by atoms with Gasteiger partial charge in [0.25, 0.3) is 0 Å². The second-order valence-corrected chi connectivity index (χ2v) is 5.01. The highest BCUT2D eigenvalue weighted by Crippen LogP contribution is 2.29. The van der Waals surface area contributed by atoms with Crippen molar-refractivity contribution in [3.05, 3.63) is 33.8 Å². The summed E-state index contributed by atoms with van der Waals surface area (Å²) in [6.45, 7) is 1.92. The molecule has 0 spiro atoms. The van der Waals surface area contributed by atoms with Gasteiger partial charge in [0.1, 0.15) is 0 Å². The molecule has 0 saturated carbocycles. The van der Waals surface area contributed by atoms with E-state index >= 15 is 0 Å². The molecule has 0 radical (unpaired) electrons. The number of alkyl halides is 1. The van der Waals surface area contributed by atoms with Gasteiger partial charge in [0, 0.05) is 29.4 Å². The minimum absolute atomic E-state index is 0.00137. The standard InChI is InChI=1S/C12H14Cl3NO/c1-8(16(2)12(17)5-6-13)10-4-3-9(14)7-11(10)15/h3-4,7-8H,5-6H2,1-2H3. The van der Waals surface area contributed by atoms with E-state index in [0.717, 1.165) is 5.56 Å². The largest absolute Gasteiger partial charge is 0.339 e. The molecule has 94 valence electrons. The van der Waals surface area contributed by atoms with E-state index in [-0.39, 0.29) is 11.9 Å². The molecule has 0 aromatic heterocycles. The Kier molecular flexibility index (Phi) is 5.57. The van der Waals surface area contributed by atoms with Crippen molar-refractivity contribution in [3.8, 4) is 0 Å². The van der Waals surface area contributed by atoms with E-state index in [1.54, 1.807) is 24.1 Å². The Balaban J connectivity index is 2.88. The van der Waals surface area contributed by atoms with E-state index in [0.29, 0.717) is 22.3 Å². The molecule has 2 nitrogen and oxygen atoms in total. The number of amides is 1. The Morgan fingerprint density at radius 1 is 1.41 bits per heavy atom. The van der Waals surface area contributed by atoms with Gasteiger partial charge in [0.05, 0.1) is 6.04 Å². The van der Waals surface area contributed by atoms with E-state index in [1.165, 1.54) is 0 Å². The maximum atomic E-state index is 11.7. The summed E-state index contributed by atoms with van der Waals surface area (Å²) in [6.07, 6.45) is 0.327. The lowest BCUT2D eigenvalue weighted by Gasteiger charge is -2.26. The van der Waals surface area contributed by atoms with Crippen molar-refractivity contribution in [2.75, 3.05) is 12.9 Å². The van der Waals surface area contributed by atoms with Gasteiger partial charge in [0.2, 0.25) is 5.91 Å². The minimum atomic E-state index is -0.101. The first-order valence-corrected chi connectivity index (χ1v) is 6.53. The fourth-order valence-electron chi connectivity index (χ4n) is 1.52. The summed E-state index contributed by atoms with van der Waals surface area (Å²) in [4.78, 5) is 13.3. The third kappa shape index (κ3) is 3.77. The van der Waals surface area contributed by atoms with E-state index in [1.807, 2.05) is 13.0 Å². The number of carbonyl (C=O) groups excluding carboxylic acids is 1. The summed E-state index contributed by atoms with van der Waals surface area (Å²) in [5, 5.41) is 1.15. The summed E-state index contributed by atoms with van der Waals surface area (Å²) < 4.78 is 0. The van der Waals surface area contributed by atoms with Gasteiger partial charge in [-0.1, -0.05) is 29.3 Å². The average Bonchev–Trinajstić information content (AvgIpc) is 2.27.